The highest BCUT2D eigenvalue weighted by Gasteiger charge is 2.19. The number of hydrogen-bond acceptors (Lipinski definition) is 4. The van der Waals surface area contributed by atoms with Crippen LogP contribution >= 0.6 is 0 Å². The number of nitrogens with zero attached hydrogens (tertiary/aromatic N) is 1. The van der Waals surface area contributed by atoms with Crippen molar-refractivity contribution in [2.45, 2.75) is 12.6 Å². The number of nitrogens with one attached hydrogen (secondary N) is 1. The second kappa shape index (κ2) is 7.25. The van der Waals surface area contributed by atoms with E-state index in [9.17, 15) is 9.90 Å². The number of nitriles is 1. The van der Waals surface area contributed by atoms with E-state index in [2.05, 4.69) is 5.32 Å². The predicted octanol–water partition coefficient (Wildman–Crippen LogP) is 2.27. The number of benzene rings is 2. The van der Waals surface area contributed by atoms with Gasteiger partial charge in [-0.1, -0.05) is 24.3 Å². The number of carbonyl (C=O) groups is 1. The summed E-state index contributed by atoms with van der Waals surface area (Å²) in [5.74, 6) is -0.130. The number of ether oxygens (including phenoxy) is 1. The van der Waals surface area contributed by atoms with Crippen molar-refractivity contribution in [1.82, 2.24) is 5.32 Å². The molecule has 0 saturated carbocycles. The zero-order valence-corrected chi connectivity index (χ0v) is 12.1. The lowest BCUT2D eigenvalue weighted by Gasteiger charge is -2.15. The van der Waals surface area contributed by atoms with E-state index < -0.39 is 6.10 Å². The molecule has 0 saturated heterocycles. The molecule has 5 nitrogen and oxygen atoms in total. The third-order valence-corrected chi connectivity index (χ3v) is 3.22. The van der Waals surface area contributed by atoms with Crippen LogP contribution in [0, 0.1) is 11.3 Å². The largest absolute Gasteiger partial charge is 0.508 e. The quantitative estimate of drug-likeness (QED) is 0.886. The molecule has 1 unspecified atom stereocenters. The van der Waals surface area contributed by atoms with E-state index in [1.807, 2.05) is 6.07 Å². The zero-order chi connectivity index (χ0) is 15.9. The minimum atomic E-state index is -0.737. The highest BCUT2D eigenvalue weighted by atomic mass is 16.5. The van der Waals surface area contributed by atoms with Gasteiger partial charge in [0, 0.05) is 13.7 Å². The van der Waals surface area contributed by atoms with Crippen LogP contribution in [-0.2, 0) is 16.1 Å². The first-order chi connectivity index (χ1) is 10.6. The fourth-order valence-electron chi connectivity index (χ4n) is 2.02. The van der Waals surface area contributed by atoms with E-state index in [-0.39, 0.29) is 11.7 Å². The van der Waals surface area contributed by atoms with Crippen molar-refractivity contribution < 1.29 is 14.6 Å². The Labute approximate surface area is 128 Å². The van der Waals surface area contributed by atoms with Gasteiger partial charge in [0.25, 0.3) is 5.91 Å². The number of phenols is 1. The molecule has 0 aliphatic heterocycles. The normalized spacial score (nSPS) is 11.5. The van der Waals surface area contributed by atoms with Gasteiger partial charge in [-0.05, 0) is 35.4 Å². The Hall–Kier alpha value is -2.84. The topological polar surface area (TPSA) is 82.3 Å². The van der Waals surface area contributed by atoms with Crippen molar-refractivity contribution >= 4 is 5.91 Å². The van der Waals surface area contributed by atoms with Crippen LogP contribution in [0.2, 0.25) is 0 Å². The molecule has 22 heavy (non-hydrogen) atoms. The van der Waals surface area contributed by atoms with Crippen LogP contribution in [-0.4, -0.2) is 18.1 Å². The molecule has 0 aromatic heterocycles. The molecule has 0 bridgehead atoms. The van der Waals surface area contributed by atoms with Crippen molar-refractivity contribution in [2.75, 3.05) is 7.11 Å². The molecule has 1 atom stereocenters. The Kier molecular flexibility index (Phi) is 5.12. The number of rotatable bonds is 5. The molecule has 1 amide bonds. The van der Waals surface area contributed by atoms with Gasteiger partial charge in [0.05, 0.1) is 11.6 Å². The van der Waals surface area contributed by atoms with E-state index in [0.29, 0.717) is 17.7 Å². The van der Waals surface area contributed by atoms with Crippen LogP contribution in [0.5, 0.6) is 5.75 Å². The number of hydrogen-bond donors (Lipinski definition) is 2. The maximum Gasteiger partial charge on any atom is 0.254 e. The number of aromatic hydroxyl groups is 1. The molecule has 0 aliphatic rings. The molecule has 0 spiro atoms. The highest BCUT2D eigenvalue weighted by molar-refractivity contribution is 5.82. The van der Waals surface area contributed by atoms with E-state index >= 15 is 0 Å². The Bertz CT molecular complexity index is 673. The minimum absolute atomic E-state index is 0.136. The van der Waals surface area contributed by atoms with Crippen molar-refractivity contribution in [3.05, 3.63) is 65.2 Å². The maximum absolute atomic E-state index is 12.2. The SMILES string of the molecule is COC(C(=O)NCc1ccc(C#N)cc1)c1ccc(O)cc1. The molecule has 0 aliphatic carbocycles. The smallest absolute Gasteiger partial charge is 0.254 e. The van der Waals surface area contributed by atoms with Gasteiger partial charge in [-0.25, -0.2) is 0 Å². The molecule has 2 aromatic carbocycles. The molecule has 2 rings (SSSR count). The van der Waals surface area contributed by atoms with Crippen LogP contribution < -0.4 is 5.32 Å². The van der Waals surface area contributed by atoms with E-state index in [1.54, 1.807) is 36.4 Å². The fourth-order valence-corrected chi connectivity index (χ4v) is 2.02. The van der Waals surface area contributed by atoms with Crippen molar-refractivity contribution in [1.29, 1.82) is 5.26 Å². The van der Waals surface area contributed by atoms with E-state index in [4.69, 9.17) is 10.00 Å². The van der Waals surface area contributed by atoms with Crippen LogP contribution in [0.1, 0.15) is 22.8 Å². The van der Waals surface area contributed by atoms with Crippen LogP contribution in [0.15, 0.2) is 48.5 Å². The van der Waals surface area contributed by atoms with Crippen LogP contribution in [0.4, 0.5) is 0 Å². The second-order valence-electron chi connectivity index (χ2n) is 4.73. The number of carbonyl (C=O) groups excluding carboxylic acids is 1. The lowest BCUT2D eigenvalue weighted by Crippen LogP contribution is -2.29. The standard InChI is InChI=1S/C17H16N2O3/c1-22-16(14-6-8-15(20)9-7-14)17(21)19-11-13-4-2-12(10-18)3-5-13/h2-9,16,20H,11H2,1H3,(H,19,21). The molecule has 2 aromatic rings. The lowest BCUT2D eigenvalue weighted by atomic mass is 10.1. The number of amides is 1. The Balaban J connectivity index is 2.00. The highest BCUT2D eigenvalue weighted by Crippen LogP contribution is 2.19. The summed E-state index contributed by atoms with van der Waals surface area (Å²) in [7, 11) is 1.46. The number of phenolic OH excluding ortho intramolecular Hbond substituents is 1. The first-order valence-electron chi connectivity index (χ1n) is 6.72. The first kappa shape index (κ1) is 15.5. The van der Waals surface area contributed by atoms with Crippen LogP contribution in [0.3, 0.4) is 0 Å². The summed E-state index contributed by atoms with van der Waals surface area (Å²) < 4.78 is 5.23. The number of methoxy groups -OCH3 is 1. The summed E-state index contributed by atoms with van der Waals surface area (Å²) in [5.41, 5.74) is 2.14. The van der Waals surface area contributed by atoms with Crippen molar-refractivity contribution in [2.24, 2.45) is 0 Å². The molecule has 112 valence electrons. The molecule has 0 fully saturated rings. The lowest BCUT2D eigenvalue weighted by molar-refractivity contribution is -0.131. The van der Waals surface area contributed by atoms with Gasteiger partial charge in [-0.2, -0.15) is 5.26 Å². The summed E-state index contributed by atoms with van der Waals surface area (Å²) in [5, 5.41) is 20.8. The Morgan fingerprint density at radius 3 is 2.41 bits per heavy atom. The van der Waals surface area contributed by atoms with Crippen molar-refractivity contribution in [3.63, 3.8) is 0 Å². The average Bonchev–Trinajstić information content (AvgIpc) is 2.56. The van der Waals surface area contributed by atoms with Gasteiger partial charge >= 0.3 is 0 Å². The molecular weight excluding hydrogens is 280 g/mol. The van der Waals surface area contributed by atoms with Crippen LogP contribution in [0.25, 0.3) is 0 Å². The zero-order valence-electron chi connectivity index (χ0n) is 12.1. The van der Waals surface area contributed by atoms with Gasteiger partial charge in [-0.3, -0.25) is 4.79 Å². The van der Waals surface area contributed by atoms with Gasteiger partial charge in [0.2, 0.25) is 0 Å². The molecule has 5 heteroatoms. The van der Waals surface area contributed by atoms with Gasteiger partial charge in [-0.15, -0.1) is 0 Å². The Morgan fingerprint density at radius 2 is 1.86 bits per heavy atom. The minimum Gasteiger partial charge on any atom is -0.508 e. The molecule has 2 N–H and O–H groups in total. The van der Waals surface area contributed by atoms with Gasteiger partial charge < -0.3 is 15.2 Å². The Morgan fingerprint density at radius 1 is 1.23 bits per heavy atom. The summed E-state index contributed by atoms with van der Waals surface area (Å²) >= 11 is 0. The van der Waals surface area contributed by atoms with E-state index in [0.717, 1.165) is 5.56 Å². The summed E-state index contributed by atoms with van der Waals surface area (Å²) in [6, 6.07) is 15.3. The average molecular weight is 296 g/mol. The summed E-state index contributed by atoms with van der Waals surface area (Å²) in [4.78, 5) is 12.2. The molecule has 0 radical (unpaired) electrons. The fraction of sp³-hybridized carbons (Fsp3) is 0.176. The second-order valence-corrected chi connectivity index (χ2v) is 4.73. The molecular formula is C17H16N2O3. The van der Waals surface area contributed by atoms with Gasteiger partial charge in [0.1, 0.15) is 5.75 Å². The maximum atomic E-state index is 12.2. The predicted molar refractivity (Wildman–Crippen MR) is 80.9 cm³/mol. The summed E-state index contributed by atoms with van der Waals surface area (Å²) in [6.07, 6.45) is -0.737. The van der Waals surface area contributed by atoms with E-state index in [1.165, 1.54) is 19.2 Å². The van der Waals surface area contributed by atoms with Gasteiger partial charge in [0.15, 0.2) is 6.10 Å². The first-order valence-corrected chi connectivity index (χ1v) is 6.72. The summed E-state index contributed by atoms with van der Waals surface area (Å²) in [6.45, 7) is 0.350. The third kappa shape index (κ3) is 3.84. The van der Waals surface area contributed by atoms with Crippen molar-refractivity contribution in [3.8, 4) is 11.8 Å². The molecule has 0 heterocycles. The third-order valence-electron chi connectivity index (χ3n) is 3.22. The monoisotopic (exact) mass is 296 g/mol.